The van der Waals surface area contributed by atoms with E-state index in [0.717, 1.165) is 12.1 Å². The number of alkyl halides is 2. The lowest BCUT2D eigenvalue weighted by Gasteiger charge is -2.16. The van der Waals surface area contributed by atoms with E-state index in [4.69, 9.17) is 21.1 Å². The van der Waals surface area contributed by atoms with Crippen molar-refractivity contribution in [2.75, 3.05) is 0 Å². The van der Waals surface area contributed by atoms with Crippen molar-refractivity contribution >= 4 is 27.5 Å². The standard InChI is InChI=1S/C17H14ClF3O3S/c1-2-25(17(20)21)14-4-3-13(15-12(14)8-23-16(15)22)24-11-6-9(18)5-10(19)7-11/h2-7,16-17,22H,8H2,1H3. The Labute approximate surface area is 149 Å². The Morgan fingerprint density at radius 3 is 2.76 bits per heavy atom. The van der Waals surface area contributed by atoms with E-state index in [0.29, 0.717) is 10.5 Å². The average molecular weight is 391 g/mol. The van der Waals surface area contributed by atoms with Gasteiger partial charge in [0, 0.05) is 21.5 Å². The van der Waals surface area contributed by atoms with Crippen molar-refractivity contribution in [1.82, 2.24) is 0 Å². The van der Waals surface area contributed by atoms with Gasteiger partial charge in [-0.15, -0.1) is 0 Å². The molecule has 2 atom stereocenters. The molecule has 0 amide bonds. The van der Waals surface area contributed by atoms with Crippen molar-refractivity contribution in [3.63, 3.8) is 0 Å². The molecule has 0 radical (unpaired) electrons. The Hall–Kier alpha value is -1.54. The Morgan fingerprint density at radius 2 is 2.12 bits per heavy atom. The van der Waals surface area contributed by atoms with Crippen LogP contribution in [0.5, 0.6) is 11.5 Å². The van der Waals surface area contributed by atoms with E-state index in [1.807, 2.05) is 0 Å². The second kappa shape index (κ2) is 7.37. The Balaban J connectivity index is 2.06. The van der Waals surface area contributed by atoms with Gasteiger partial charge in [-0.2, -0.15) is 8.78 Å². The molecule has 1 aliphatic rings. The lowest BCUT2D eigenvalue weighted by molar-refractivity contribution is -0.0926. The van der Waals surface area contributed by atoms with E-state index >= 15 is 0 Å². The minimum atomic E-state index is -2.55. The van der Waals surface area contributed by atoms with Crippen molar-refractivity contribution in [2.45, 2.75) is 30.5 Å². The first-order valence-corrected chi connectivity index (χ1v) is 9.02. The maximum Gasteiger partial charge on any atom is 0.283 e. The van der Waals surface area contributed by atoms with Gasteiger partial charge < -0.3 is 14.6 Å². The highest BCUT2D eigenvalue weighted by Gasteiger charge is 2.30. The van der Waals surface area contributed by atoms with Gasteiger partial charge in [0.15, 0.2) is 6.29 Å². The van der Waals surface area contributed by atoms with Gasteiger partial charge in [0.2, 0.25) is 0 Å². The highest BCUT2D eigenvalue weighted by atomic mass is 35.5. The van der Waals surface area contributed by atoms with E-state index in [2.05, 4.69) is 0 Å². The molecule has 1 aliphatic heterocycles. The van der Waals surface area contributed by atoms with E-state index in [9.17, 15) is 18.3 Å². The SMILES string of the molecule is C/C=S(\c1ccc(Oc2cc(F)cc(Cl)c2)c2c1COC2O)C(F)F. The fourth-order valence-electron chi connectivity index (χ4n) is 2.64. The minimum Gasteiger partial charge on any atom is -0.457 e. The summed E-state index contributed by atoms with van der Waals surface area (Å²) < 4.78 is 50.8. The minimum absolute atomic E-state index is 0.00298. The van der Waals surface area contributed by atoms with Crippen molar-refractivity contribution in [3.8, 4) is 11.5 Å². The second-order valence-corrected chi connectivity index (χ2v) is 7.64. The summed E-state index contributed by atoms with van der Waals surface area (Å²) in [6.07, 6.45) is -1.30. The first-order chi connectivity index (χ1) is 11.9. The van der Waals surface area contributed by atoms with Gasteiger partial charge in [0.25, 0.3) is 5.76 Å². The van der Waals surface area contributed by atoms with Gasteiger partial charge in [-0.1, -0.05) is 27.5 Å². The predicted molar refractivity (Wildman–Crippen MR) is 91.3 cm³/mol. The number of fused-ring (bicyclic) bond motifs is 1. The molecule has 1 N–H and O–H groups in total. The van der Waals surface area contributed by atoms with E-state index in [1.165, 1.54) is 23.6 Å². The van der Waals surface area contributed by atoms with Crippen molar-refractivity contribution in [3.05, 3.63) is 52.3 Å². The van der Waals surface area contributed by atoms with E-state index in [-0.39, 0.29) is 28.7 Å². The summed E-state index contributed by atoms with van der Waals surface area (Å²) in [5.41, 5.74) is 0.743. The van der Waals surface area contributed by atoms with Crippen LogP contribution in [0, 0.1) is 5.82 Å². The van der Waals surface area contributed by atoms with Gasteiger partial charge in [-0.05, 0) is 31.2 Å². The number of rotatable bonds is 4. The van der Waals surface area contributed by atoms with Crippen LogP contribution in [0.2, 0.25) is 5.02 Å². The average Bonchev–Trinajstić information content (AvgIpc) is 2.91. The molecule has 2 aromatic rings. The number of ether oxygens (including phenoxy) is 2. The summed E-state index contributed by atoms with van der Waals surface area (Å²) in [4.78, 5) is 0.397. The highest BCUT2D eigenvalue weighted by molar-refractivity contribution is 8.15. The molecule has 0 aliphatic carbocycles. The lowest BCUT2D eigenvalue weighted by Crippen LogP contribution is -2.00. The van der Waals surface area contributed by atoms with Gasteiger partial charge in [0.1, 0.15) is 17.3 Å². The van der Waals surface area contributed by atoms with E-state index < -0.39 is 28.3 Å². The normalized spacial score (nSPS) is 17.8. The second-order valence-electron chi connectivity index (χ2n) is 5.19. The molecule has 0 saturated heterocycles. The monoisotopic (exact) mass is 390 g/mol. The number of halogens is 4. The van der Waals surface area contributed by atoms with Crippen molar-refractivity contribution < 1.29 is 27.8 Å². The molecule has 1 heterocycles. The van der Waals surface area contributed by atoms with Crippen molar-refractivity contribution in [2.24, 2.45) is 0 Å². The van der Waals surface area contributed by atoms with Crippen LogP contribution < -0.4 is 4.74 Å². The predicted octanol–water partition coefficient (Wildman–Crippen LogP) is 5.47. The molecule has 134 valence electrons. The van der Waals surface area contributed by atoms with Crippen LogP contribution in [0.1, 0.15) is 24.3 Å². The molecule has 0 fully saturated rings. The number of hydrogen-bond donors (Lipinski definition) is 1. The molecular formula is C17H14ClF3O3S. The quantitative estimate of drug-likeness (QED) is 0.704. The summed E-state index contributed by atoms with van der Waals surface area (Å²) >= 11 is 5.80. The lowest BCUT2D eigenvalue weighted by atomic mass is 10.1. The Morgan fingerprint density at radius 1 is 1.36 bits per heavy atom. The molecular weight excluding hydrogens is 377 g/mol. The Bertz CT molecular complexity index is 822. The molecule has 0 aromatic heterocycles. The van der Waals surface area contributed by atoms with Crippen LogP contribution in [0.4, 0.5) is 13.2 Å². The summed E-state index contributed by atoms with van der Waals surface area (Å²) in [5, 5.41) is 11.7. The summed E-state index contributed by atoms with van der Waals surface area (Å²) in [6.45, 7) is 1.56. The summed E-state index contributed by atoms with van der Waals surface area (Å²) in [5.74, 6) is -2.79. The first-order valence-electron chi connectivity index (χ1n) is 7.29. The van der Waals surface area contributed by atoms with E-state index in [1.54, 1.807) is 6.92 Å². The molecule has 2 unspecified atom stereocenters. The smallest absolute Gasteiger partial charge is 0.283 e. The number of hydrogen-bond acceptors (Lipinski definition) is 3. The fraction of sp³-hybridized carbons (Fsp3) is 0.235. The topological polar surface area (TPSA) is 38.7 Å². The molecule has 2 aromatic carbocycles. The summed E-state index contributed by atoms with van der Waals surface area (Å²) in [7, 11) is -1.39. The highest BCUT2D eigenvalue weighted by Crippen LogP contribution is 2.46. The molecule has 25 heavy (non-hydrogen) atoms. The van der Waals surface area contributed by atoms with Gasteiger partial charge in [-0.3, -0.25) is 0 Å². The molecule has 8 heteroatoms. The molecule has 0 saturated carbocycles. The third-order valence-electron chi connectivity index (χ3n) is 3.67. The van der Waals surface area contributed by atoms with Crippen molar-refractivity contribution in [1.29, 1.82) is 0 Å². The zero-order valence-electron chi connectivity index (χ0n) is 13.0. The molecule has 3 rings (SSSR count). The number of aliphatic hydroxyl groups is 1. The fourth-order valence-corrected chi connectivity index (χ4v) is 4.18. The summed E-state index contributed by atoms with van der Waals surface area (Å²) in [6, 6.07) is 6.67. The maximum absolute atomic E-state index is 13.5. The molecule has 0 spiro atoms. The number of aliphatic hydroxyl groups excluding tert-OH is 1. The van der Waals surface area contributed by atoms with Gasteiger partial charge in [0.05, 0.1) is 12.2 Å². The maximum atomic E-state index is 13.5. The first kappa shape index (κ1) is 18.3. The van der Waals surface area contributed by atoms with Crippen LogP contribution in [-0.4, -0.2) is 16.2 Å². The molecule has 0 bridgehead atoms. The van der Waals surface area contributed by atoms with Gasteiger partial charge >= 0.3 is 0 Å². The van der Waals surface area contributed by atoms with Crippen LogP contribution >= 0.6 is 22.1 Å². The van der Waals surface area contributed by atoms with Crippen LogP contribution in [-0.2, 0) is 11.3 Å². The molecule has 3 nitrogen and oxygen atoms in total. The Kier molecular flexibility index (Phi) is 5.38. The third-order valence-corrected chi connectivity index (χ3v) is 5.67. The zero-order valence-corrected chi connectivity index (χ0v) is 14.6. The van der Waals surface area contributed by atoms with Gasteiger partial charge in [-0.25, -0.2) is 4.39 Å². The zero-order chi connectivity index (χ0) is 18.1. The third kappa shape index (κ3) is 3.69. The number of benzene rings is 2. The van der Waals surface area contributed by atoms with Crippen LogP contribution in [0.15, 0.2) is 35.2 Å². The van der Waals surface area contributed by atoms with Crippen LogP contribution in [0.3, 0.4) is 0 Å². The largest absolute Gasteiger partial charge is 0.457 e. The van der Waals surface area contributed by atoms with Crippen LogP contribution in [0.25, 0.3) is 0 Å².